The van der Waals surface area contributed by atoms with E-state index in [0.717, 1.165) is 35.0 Å². The van der Waals surface area contributed by atoms with Crippen LogP contribution in [-0.2, 0) is 0 Å². The molecule has 0 aliphatic rings. The summed E-state index contributed by atoms with van der Waals surface area (Å²) in [6.07, 6.45) is 2.83. The van der Waals surface area contributed by atoms with E-state index in [4.69, 9.17) is 10.00 Å². The predicted molar refractivity (Wildman–Crippen MR) is 91.5 cm³/mol. The second-order valence-electron chi connectivity index (χ2n) is 4.73. The Labute approximate surface area is 139 Å². The van der Waals surface area contributed by atoms with E-state index >= 15 is 0 Å². The third-order valence-corrected chi connectivity index (χ3v) is 3.69. The van der Waals surface area contributed by atoms with E-state index in [-0.39, 0.29) is 0 Å². The van der Waals surface area contributed by atoms with Crippen molar-refractivity contribution in [3.63, 3.8) is 0 Å². The van der Waals surface area contributed by atoms with Gasteiger partial charge in [0, 0.05) is 12.0 Å². The van der Waals surface area contributed by atoms with Crippen molar-refractivity contribution in [2.75, 3.05) is 6.61 Å². The van der Waals surface area contributed by atoms with Gasteiger partial charge in [-0.15, -0.1) is 0 Å². The van der Waals surface area contributed by atoms with Crippen molar-refractivity contribution in [1.29, 1.82) is 5.26 Å². The summed E-state index contributed by atoms with van der Waals surface area (Å²) in [6, 6.07) is 17.3. The summed E-state index contributed by atoms with van der Waals surface area (Å²) in [6.45, 7) is 0.696. The second-order valence-corrected chi connectivity index (χ2v) is 5.58. The van der Waals surface area contributed by atoms with Gasteiger partial charge in [-0.25, -0.2) is 0 Å². The molecule has 0 aliphatic carbocycles. The molecule has 2 aromatic rings. The summed E-state index contributed by atoms with van der Waals surface area (Å²) in [5, 5.41) is 8.72. The topological polar surface area (TPSA) is 33.0 Å². The van der Waals surface area contributed by atoms with Crippen LogP contribution in [0.5, 0.6) is 5.75 Å². The van der Waals surface area contributed by atoms with Crippen molar-refractivity contribution in [2.45, 2.75) is 19.3 Å². The molecule has 0 bridgehead atoms. The van der Waals surface area contributed by atoms with Crippen molar-refractivity contribution >= 4 is 15.9 Å². The molecule has 0 aliphatic heterocycles. The molecule has 0 radical (unpaired) electrons. The Hall–Kier alpha value is -2.23. The van der Waals surface area contributed by atoms with Crippen molar-refractivity contribution in [3.8, 4) is 23.7 Å². The molecule has 0 saturated heterocycles. The average Bonchev–Trinajstić information content (AvgIpc) is 2.56. The Morgan fingerprint density at radius 2 is 1.68 bits per heavy atom. The van der Waals surface area contributed by atoms with Gasteiger partial charge in [-0.3, -0.25) is 0 Å². The Morgan fingerprint density at radius 3 is 2.41 bits per heavy atom. The highest BCUT2D eigenvalue weighted by molar-refractivity contribution is 9.10. The van der Waals surface area contributed by atoms with E-state index in [1.165, 1.54) is 0 Å². The molecule has 2 aromatic carbocycles. The first-order valence-electron chi connectivity index (χ1n) is 7.16. The van der Waals surface area contributed by atoms with Crippen LogP contribution in [0.4, 0.5) is 0 Å². The van der Waals surface area contributed by atoms with Gasteiger partial charge in [0.15, 0.2) is 0 Å². The van der Waals surface area contributed by atoms with Crippen LogP contribution in [0.2, 0.25) is 0 Å². The van der Waals surface area contributed by atoms with Crippen LogP contribution in [-0.4, -0.2) is 6.61 Å². The molecule has 0 spiro atoms. The lowest BCUT2D eigenvalue weighted by Gasteiger charge is -2.06. The van der Waals surface area contributed by atoms with Gasteiger partial charge in [-0.05, 0) is 65.2 Å². The Bertz CT molecular complexity index is 705. The maximum atomic E-state index is 8.72. The third-order valence-electron chi connectivity index (χ3n) is 3.04. The molecule has 0 aromatic heterocycles. The fourth-order valence-electron chi connectivity index (χ4n) is 1.85. The minimum absolute atomic E-state index is 0.662. The zero-order valence-corrected chi connectivity index (χ0v) is 13.8. The molecule has 0 heterocycles. The van der Waals surface area contributed by atoms with Crippen LogP contribution in [0.15, 0.2) is 53.0 Å². The minimum atomic E-state index is 0.662. The zero-order valence-electron chi connectivity index (χ0n) is 12.2. The largest absolute Gasteiger partial charge is 0.492 e. The lowest BCUT2D eigenvalue weighted by Crippen LogP contribution is -1.97. The van der Waals surface area contributed by atoms with E-state index in [2.05, 4.69) is 33.8 Å². The molecular weight excluding hydrogens is 338 g/mol. The number of hydrogen-bond donors (Lipinski definition) is 0. The van der Waals surface area contributed by atoms with E-state index < -0.39 is 0 Å². The second kappa shape index (κ2) is 8.93. The molecule has 110 valence electrons. The molecule has 0 unspecified atom stereocenters. The first-order valence-corrected chi connectivity index (χ1v) is 7.95. The highest BCUT2D eigenvalue weighted by Crippen LogP contribution is 2.23. The molecule has 2 rings (SSSR count). The predicted octanol–water partition coefficient (Wildman–Crippen LogP) is 4.92. The molecule has 0 saturated carbocycles. The van der Waals surface area contributed by atoms with E-state index in [1.807, 2.05) is 36.4 Å². The fourth-order valence-corrected chi connectivity index (χ4v) is 2.25. The van der Waals surface area contributed by atoms with Crippen LogP contribution in [0, 0.1) is 23.2 Å². The maximum absolute atomic E-state index is 8.72. The number of nitrogens with zero attached hydrogens (tertiary/aromatic N) is 1. The van der Waals surface area contributed by atoms with E-state index in [9.17, 15) is 0 Å². The van der Waals surface area contributed by atoms with Gasteiger partial charge >= 0.3 is 0 Å². The molecular formula is C19H16BrNO. The van der Waals surface area contributed by atoms with Gasteiger partial charge in [-0.2, -0.15) is 5.26 Å². The third kappa shape index (κ3) is 5.28. The highest BCUT2D eigenvalue weighted by atomic mass is 79.9. The summed E-state index contributed by atoms with van der Waals surface area (Å²) < 4.78 is 6.68. The monoisotopic (exact) mass is 353 g/mol. The Kier molecular flexibility index (Phi) is 6.55. The van der Waals surface area contributed by atoms with Crippen LogP contribution < -0.4 is 4.74 Å². The summed E-state index contributed by atoms with van der Waals surface area (Å²) in [4.78, 5) is 0. The highest BCUT2D eigenvalue weighted by Gasteiger charge is 1.98. The number of rotatable bonds is 5. The number of hydrogen-bond acceptors (Lipinski definition) is 2. The number of ether oxygens (including phenoxy) is 1. The SMILES string of the molecule is N#Cc1ccc(C#CCCCCOc2ccccc2Br)cc1. The minimum Gasteiger partial charge on any atom is -0.492 e. The summed E-state index contributed by atoms with van der Waals surface area (Å²) >= 11 is 3.46. The van der Waals surface area contributed by atoms with Gasteiger partial charge in [-0.1, -0.05) is 24.0 Å². The smallest absolute Gasteiger partial charge is 0.133 e. The first-order chi connectivity index (χ1) is 10.8. The Balaban J connectivity index is 1.66. The summed E-state index contributed by atoms with van der Waals surface area (Å²) in [7, 11) is 0. The molecule has 3 heteroatoms. The van der Waals surface area contributed by atoms with Gasteiger partial charge < -0.3 is 4.74 Å². The van der Waals surface area contributed by atoms with E-state index in [1.54, 1.807) is 12.1 Å². The average molecular weight is 354 g/mol. The van der Waals surface area contributed by atoms with Gasteiger partial charge in [0.2, 0.25) is 0 Å². The summed E-state index contributed by atoms with van der Waals surface area (Å²) in [5.74, 6) is 7.14. The fraction of sp³-hybridized carbons (Fsp3) is 0.211. The molecule has 0 N–H and O–H groups in total. The number of benzene rings is 2. The molecule has 0 fully saturated rings. The standard InChI is InChI=1S/C19H16BrNO/c20-18-8-4-5-9-19(18)22-14-6-2-1-3-7-16-10-12-17(15-21)13-11-16/h4-5,8-13H,1-2,6,14H2. The number of para-hydroxylation sites is 1. The van der Waals surface area contributed by atoms with Crippen LogP contribution in [0.25, 0.3) is 0 Å². The maximum Gasteiger partial charge on any atom is 0.133 e. The number of unbranched alkanes of at least 4 members (excludes halogenated alkanes) is 2. The lowest BCUT2D eigenvalue weighted by molar-refractivity contribution is 0.306. The van der Waals surface area contributed by atoms with Gasteiger partial charge in [0.25, 0.3) is 0 Å². The molecule has 0 amide bonds. The lowest BCUT2D eigenvalue weighted by atomic mass is 10.1. The number of nitriles is 1. The van der Waals surface area contributed by atoms with Gasteiger partial charge in [0.1, 0.15) is 5.75 Å². The van der Waals surface area contributed by atoms with Crippen LogP contribution >= 0.6 is 15.9 Å². The Morgan fingerprint density at radius 1 is 0.955 bits per heavy atom. The van der Waals surface area contributed by atoms with Crippen molar-refractivity contribution in [1.82, 2.24) is 0 Å². The normalized spacial score (nSPS) is 9.45. The van der Waals surface area contributed by atoms with E-state index in [0.29, 0.717) is 12.2 Å². The zero-order chi connectivity index (χ0) is 15.6. The molecule has 22 heavy (non-hydrogen) atoms. The molecule has 2 nitrogen and oxygen atoms in total. The van der Waals surface area contributed by atoms with Crippen molar-refractivity contribution < 1.29 is 4.74 Å². The number of halogens is 1. The van der Waals surface area contributed by atoms with Crippen molar-refractivity contribution in [3.05, 3.63) is 64.1 Å². The van der Waals surface area contributed by atoms with Crippen LogP contribution in [0.1, 0.15) is 30.4 Å². The quantitative estimate of drug-likeness (QED) is 0.564. The first kappa shape index (κ1) is 16.1. The van der Waals surface area contributed by atoms with Crippen LogP contribution in [0.3, 0.4) is 0 Å². The van der Waals surface area contributed by atoms with Gasteiger partial charge in [0.05, 0.1) is 22.7 Å². The molecule has 0 atom stereocenters. The summed E-state index contributed by atoms with van der Waals surface area (Å²) in [5.41, 5.74) is 1.61. The van der Waals surface area contributed by atoms with Crippen molar-refractivity contribution in [2.24, 2.45) is 0 Å².